The number of rotatable bonds is 3. The first-order chi connectivity index (χ1) is 5.74. The largest absolute Gasteiger partial charge is 0.339 e. The number of carbonyl (C=O) groups is 1. The Hall–Kier alpha value is -0.530. The molecule has 0 radical (unpaired) electrons. The van der Waals surface area contributed by atoms with Crippen LogP contribution in [0.25, 0.3) is 0 Å². The zero-order valence-electron chi connectivity index (χ0n) is 7.92. The van der Waals surface area contributed by atoms with Gasteiger partial charge in [-0.2, -0.15) is 0 Å². The van der Waals surface area contributed by atoms with Crippen LogP contribution in [-0.4, -0.2) is 23.4 Å². The van der Waals surface area contributed by atoms with E-state index >= 15 is 0 Å². The predicted octanol–water partition coefficient (Wildman–Crippen LogP) is 1.65. The average molecular weight is 167 g/mol. The van der Waals surface area contributed by atoms with Crippen molar-refractivity contribution in [1.29, 1.82) is 0 Å². The minimum absolute atomic E-state index is 0.274. The van der Waals surface area contributed by atoms with Crippen molar-refractivity contribution in [2.45, 2.75) is 39.2 Å². The molecule has 3 aliphatic rings. The summed E-state index contributed by atoms with van der Waals surface area (Å²) in [6, 6.07) is 0.641. The van der Waals surface area contributed by atoms with Crippen molar-refractivity contribution in [3.05, 3.63) is 0 Å². The Morgan fingerprint density at radius 3 is 2.25 bits per heavy atom. The third kappa shape index (κ3) is 0.970. The second-order valence-electron chi connectivity index (χ2n) is 4.19. The summed E-state index contributed by atoms with van der Waals surface area (Å²) < 4.78 is 0. The molecular weight excluding hydrogens is 150 g/mol. The van der Waals surface area contributed by atoms with Crippen LogP contribution in [0, 0.1) is 11.8 Å². The summed E-state index contributed by atoms with van der Waals surface area (Å²) in [4.78, 5) is 13.3. The van der Waals surface area contributed by atoms with E-state index in [1.165, 1.54) is 12.8 Å². The maximum absolute atomic E-state index is 11.3. The number of amides is 1. The molecule has 0 aromatic heterocycles. The topological polar surface area (TPSA) is 20.3 Å². The molecule has 0 spiro atoms. The van der Waals surface area contributed by atoms with E-state index in [9.17, 15) is 4.79 Å². The molecule has 3 aliphatic carbocycles. The van der Waals surface area contributed by atoms with E-state index in [2.05, 4.69) is 11.8 Å². The van der Waals surface area contributed by atoms with E-state index in [0.717, 1.165) is 24.8 Å². The molecule has 1 amide bonds. The van der Waals surface area contributed by atoms with E-state index in [1.807, 2.05) is 0 Å². The number of hydrogen-bond acceptors (Lipinski definition) is 1. The fraction of sp³-hybridized carbons (Fsp3) is 0.900. The molecule has 2 bridgehead atoms. The summed E-state index contributed by atoms with van der Waals surface area (Å²) in [7, 11) is 0. The molecule has 0 aromatic carbocycles. The average Bonchev–Trinajstić information content (AvgIpc) is 1.80. The summed E-state index contributed by atoms with van der Waals surface area (Å²) in [5.74, 6) is 2.01. The molecule has 3 saturated carbocycles. The Labute approximate surface area is 73.9 Å². The predicted molar refractivity (Wildman–Crippen MR) is 47.7 cm³/mol. The molecule has 2 heteroatoms. The van der Waals surface area contributed by atoms with Gasteiger partial charge < -0.3 is 4.90 Å². The molecule has 12 heavy (non-hydrogen) atoms. The van der Waals surface area contributed by atoms with E-state index in [4.69, 9.17) is 0 Å². The third-order valence-corrected chi connectivity index (χ3v) is 3.41. The molecule has 0 heterocycles. The van der Waals surface area contributed by atoms with Gasteiger partial charge in [0.25, 0.3) is 0 Å². The van der Waals surface area contributed by atoms with Gasteiger partial charge in [-0.1, -0.05) is 6.92 Å². The first kappa shape index (κ1) is 8.09. The first-order valence-corrected chi connectivity index (χ1v) is 5.01. The van der Waals surface area contributed by atoms with Crippen LogP contribution in [0.5, 0.6) is 0 Å². The van der Waals surface area contributed by atoms with Gasteiger partial charge in [0.2, 0.25) is 5.91 Å². The highest BCUT2D eigenvalue weighted by Crippen LogP contribution is 2.55. The summed E-state index contributed by atoms with van der Waals surface area (Å²) in [6.07, 6.45) is 3.87. The highest BCUT2D eigenvalue weighted by Gasteiger charge is 2.55. The van der Waals surface area contributed by atoms with Crippen LogP contribution in [0.4, 0.5) is 0 Å². The molecule has 68 valence electrons. The fourth-order valence-electron chi connectivity index (χ4n) is 2.53. The van der Waals surface area contributed by atoms with Crippen molar-refractivity contribution in [2.24, 2.45) is 11.8 Å². The summed E-state index contributed by atoms with van der Waals surface area (Å²) >= 11 is 0. The van der Waals surface area contributed by atoms with E-state index in [-0.39, 0.29) is 5.91 Å². The lowest BCUT2D eigenvalue weighted by molar-refractivity contribution is -0.155. The highest BCUT2D eigenvalue weighted by molar-refractivity contribution is 5.74. The molecule has 0 aromatic rings. The minimum atomic E-state index is 0.274. The van der Waals surface area contributed by atoms with Crippen molar-refractivity contribution < 1.29 is 4.79 Å². The molecule has 2 nitrogen and oxygen atoms in total. The number of nitrogens with zero attached hydrogens (tertiary/aromatic N) is 1. The molecule has 0 saturated heterocycles. The van der Waals surface area contributed by atoms with Gasteiger partial charge in [0.1, 0.15) is 0 Å². The fourth-order valence-corrected chi connectivity index (χ4v) is 2.53. The van der Waals surface area contributed by atoms with Crippen LogP contribution >= 0.6 is 0 Å². The van der Waals surface area contributed by atoms with Gasteiger partial charge >= 0.3 is 0 Å². The molecule has 3 rings (SSSR count). The van der Waals surface area contributed by atoms with Crippen molar-refractivity contribution in [3.63, 3.8) is 0 Å². The lowest BCUT2D eigenvalue weighted by Crippen LogP contribution is -2.64. The summed E-state index contributed by atoms with van der Waals surface area (Å²) in [5.41, 5.74) is 0. The van der Waals surface area contributed by atoms with Gasteiger partial charge in [-0.05, 0) is 31.1 Å². The van der Waals surface area contributed by atoms with Crippen molar-refractivity contribution >= 4 is 5.91 Å². The number of hydrogen-bond donors (Lipinski definition) is 0. The number of carbonyl (C=O) groups excluding carboxylic acids is 1. The second kappa shape index (κ2) is 2.75. The maximum atomic E-state index is 11.3. The zero-order valence-corrected chi connectivity index (χ0v) is 7.92. The van der Waals surface area contributed by atoms with Crippen LogP contribution in [0.1, 0.15) is 33.1 Å². The normalized spacial score (nSPS) is 36.7. The van der Waals surface area contributed by atoms with Gasteiger partial charge in [-0.15, -0.1) is 0 Å². The Bertz CT molecular complexity index is 188. The standard InChI is InChI=1S/C10H17NO/c1-3-4-11(7(2)12)10-8-5-9(10)6-8/h8-10H,3-6H2,1-2H3. The van der Waals surface area contributed by atoms with E-state index in [0.29, 0.717) is 6.04 Å². The zero-order chi connectivity index (χ0) is 8.72. The smallest absolute Gasteiger partial charge is 0.219 e. The maximum Gasteiger partial charge on any atom is 0.219 e. The van der Waals surface area contributed by atoms with Crippen LogP contribution < -0.4 is 0 Å². The second-order valence-corrected chi connectivity index (χ2v) is 4.19. The molecule has 0 N–H and O–H groups in total. The monoisotopic (exact) mass is 167 g/mol. The quantitative estimate of drug-likeness (QED) is 0.626. The van der Waals surface area contributed by atoms with Crippen LogP contribution in [-0.2, 0) is 4.79 Å². The van der Waals surface area contributed by atoms with E-state index < -0.39 is 0 Å². The SMILES string of the molecule is CCCN(C(C)=O)C1C2CC1C2. The van der Waals surface area contributed by atoms with Crippen molar-refractivity contribution in [3.8, 4) is 0 Å². The first-order valence-electron chi connectivity index (χ1n) is 5.01. The molecule has 0 aliphatic heterocycles. The Morgan fingerprint density at radius 1 is 1.42 bits per heavy atom. The third-order valence-electron chi connectivity index (χ3n) is 3.41. The summed E-state index contributed by atoms with van der Waals surface area (Å²) in [6.45, 7) is 4.81. The molecule has 0 atom stereocenters. The van der Waals surface area contributed by atoms with Crippen LogP contribution in [0.3, 0.4) is 0 Å². The van der Waals surface area contributed by atoms with Crippen LogP contribution in [0.2, 0.25) is 0 Å². The molecule has 3 fully saturated rings. The Kier molecular flexibility index (Phi) is 1.85. The Morgan fingerprint density at radius 2 is 2.00 bits per heavy atom. The van der Waals surface area contributed by atoms with Gasteiger partial charge in [0.05, 0.1) is 0 Å². The highest BCUT2D eigenvalue weighted by atomic mass is 16.2. The molecule has 0 unspecified atom stereocenters. The van der Waals surface area contributed by atoms with Crippen molar-refractivity contribution in [1.82, 2.24) is 4.90 Å². The van der Waals surface area contributed by atoms with E-state index in [1.54, 1.807) is 6.92 Å². The Balaban J connectivity index is 1.93. The lowest BCUT2D eigenvalue weighted by atomic mass is 9.51. The van der Waals surface area contributed by atoms with Crippen molar-refractivity contribution in [2.75, 3.05) is 6.54 Å². The van der Waals surface area contributed by atoms with Gasteiger partial charge in [-0.3, -0.25) is 4.79 Å². The van der Waals surface area contributed by atoms with Gasteiger partial charge in [-0.25, -0.2) is 0 Å². The minimum Gasteiger partial charge on any atom is -0.339 e. The molecular formula is C10H17NO. The van der Waals surface area contributed by atoms with Crippen LogP contribution in [0.15, 0.2) is 0 Å². The van der Waals surface area contributed by atoms with Gasteiger partial charge in [0.15, 0.2) is 0 Å². The lowest BCUT2D eigenvalue weighted by Gasteiger charge is -2.61. The summed E-state index contributed by atoms with van der Waals surface area (Å²) in [5, 5.41) is 0. The van der Waals surface area contributed by atoms with Gasteiger partial charge in [0, 0.05) is 19.5 Å².